The molecule has 0 fully saturated rings. The van der Waals surface area contributed by atoms with Crippen molar-refractivity contribution in [1.82, 2.24) is 15.0 Å². The highest BCUT2D eigenvalue weighted by Gasteiger charge is 2.09. The van der Waals surface area contributed by atoms with Crippen LogP contribution in [-0.2, 0) is 6.42 Å². The van der Waals surface area contributed by atoms with Gasteiger partial charge in [-0.15, -0.1) is 0 Å². The van der Waals surface area contributed by atoms with Crippen LogP contribution in [0.2, 0.25) is 0 Å². The second-order valence-corrected chi connectivity index (χ2v) is 6.18. The Morgan fingerprint density at radius 2 is 1.93 bits per heavy atom. The first-order valence-electron chi connectivity index (χ1n) is 8.82. The summed E-state index contributed by atoms with van der Waals surface area (Å²) in [5, 5.41) is 3.24. The van der Waals surface area contributed by atoms with Gasteiger partial charge in [-0.25, -0.2) is 9.97 Å². The van der Waals surface area contributed by atoms with Crippen molar-refractivity contribution in [3.8, 4) is 17.1 Å². The topological polar surface area (TPSA) is 79.9 Å². The van der Waals surface area contributed by atoms with Crippen LogP contribution in [0.4, 0.5) is 14.6 Å². The molecule has 0 amide bonds. The number of aromatic nitrogens is 3. The molecule has 1 unspecified atom stereocenters. The normalized spacial score (nSPS) is 12.0. The number of alkyl halides is 2. The molecule has 0 aliphatic carbocycles. The summed E-state index contributed by atoms with van der Waals surface area (Å²) in [6, 6.07) is 11.4. The minimum absolute atomic E-state index is 0.0969. The summed E-state index contributed by atoms with van der Waals surface area (Å²) < 4.78 is 28.8. The number of halogens is 2. The molecule has 146 valence electrons. The van der Waals surface area contributed by atoms with Crippen LogP contribution in [0.15, 0.2) is 53.5 Å². The molecule has 2 aromatic heterocycles. The summed E-state index contributed by atoms with van der Waals surface area (Å²) in [6.45, 7) is 1.03. The molecule has 28 heavy (non-hydrogen) atoms. The number of H-pyrrole nitrogens is 1. The van der Waals surface area contributed by atoms with Crippen LogP contribution in [0.25, 0.3) is 11.4 Å². The van der Waals surface area contributed by atoms with Crippen LogP contribution in [-0.4, -0.2) is 21.6 Å². The molecule has 6 nitrogen and oxygen atoms in total. The van der Waals surface area contributed by atoms with Gasteiger partial charge in [0.25, 0.3) is 5.56 Å². The number of anilines is 1. The van der Waals surface area contributed by atoms with E-state index >= 15 is 0 Å². The van der Waals surface area contributed by atoms with Gasteiger partial charge in [0.2, 0.25) is 0 Å². The van der Waals surface area contributed by atoms with Crippen LogP contribution >= 0.6 is 0 Å². The number of nitrogens with zero attached hydrogens (tertiary/aromatic N) is 2. The molecular formula is C20H20F2N4O2. The van der Waals surface area contributed by atoms with Gasteiger partial charge in [0.15, 0.2) is 0 Å². The average Bonchev–Trinajstić information content (AvgIpc) is 2.68. The van der Waals surface area contributed by atoms with Gasteiger partial charge in [0.05, 0.1) is 0 Å². The van der Waals surface area contributed by atoms with Crippen LogP contribution in [0.1, 0.15) is 31.1 Å². The zero-order valence-electron chi connectivity index (χ0n) is 15.4. The molecule has 3 rings (SSSR count). The second-order valence-electron chi connectivity index (χ2n) is 6.18. The molecule has 0 aliphatic heterocycles. The van der Waals surface area contributed by atoms with Crippen LogP contribution < -0.4 is 15.6 Å². The Morgan fingerprint density at radius 1 is 1.18 bits per heavy atom. The van der Waals surface area contributed by atoms with E-state index in [0.717, 1.165) is 5.56 Å². The molecule has 0 bridgehead atoms. The predicted octanol–water partition coefficient (Wildman–Crippen LogP) is 4.17. The summed E-state index contributed by atoms with van der Waals surface area (Å²) in [4.78, 5) is 23.2. The van der Waals surface area contributed by atoms with Gasteiger partial charge in [0.1, 0.15) is 17.4 Å². The average molecular weight is 386 g/mol. The Hall–Kier alpha value is -3.29. The Kier molecular flexibility index (Phi) is 5.98. The number of rotatable bonds is 7. The van der Waals surface area contributed by atoms with E-state index in [1.54, 1.807) is 24.4 Å². The summed E-state index contributed by atoms with van der Waals surface area (Å²) in [6.07, 6.45) is 2.30. The first-order valence-corrected chi connectivity index (χ1v) is 8.82. The van der Waals surface area contributed by atoms with E-state index in [0.29, 0.717) is 29.3 Å². The number of nitrogens with one attached hydrogen (secondary N) is 2. The number of hydrogen-bond acceptors (Lipinski definition) is 5. The van der Waals surface area contributed by atoms with Gasteiger partial charge in [-0.1, -0.05) is 19.1 Å². The molecule has 1 atom stereocenters. The summed E-state index contributed by atoms with van der Waals surface area (Å²) in [7, 11) is 0. The Labute approximate surface area is 160 Å². The number of ether oxygens (including phenoxy) is 1. The lowest BCUT2D eigenvalue weighted by atomic mass is 10.1. The predicted molar refractivity (Wildman–Crippen MR) is 103 cm³/mol. The molecule has 0 saturated carbocycles. The van der Waals surface area contributed by atoms with E-state index in [4.69, 9.17) is 0 Å². The van der Waals surface area contributed by atoms with E-state index in [2.05, 4.69) is 25.0 Å². The van der Waals surface area contributed by atoms with Crippen molar-refractivity contribution in [3.05, 3.63) is 70.3 Å². The molecule has 0 radical (unpaired) electrons. The molecule has 8 heteroatoms. The minimum Gasteiger partial charge on any atom is -0.435 e. The van der Waals surface area contributed by atoms with Gasteiger partial charge in [0, 0.05) is 29.6 Å². The quantitative estimate of drug-likeness (QED) is 0.637. The molecular weight excluding hydrogens is 366 g/mol. The lowest BCUT2D eigenvalue weighted by Gasteiger charge is -2.16. The van der Waals surface area contributed by atoms with Crippen molar-refractivity contribution in [2.24, 2.45) is 0 Å². The van der Waals surface area contributed by atoms with Crippen molar-refractivity contribution in [3.63, 3.8) is 0 Å². The van der Waals surface area contributed by atoms with Crippen molar-refractivity contribution in [1.29, 1.82) is 0 Å². The van der Waals surface area contributed by atoms with E-state index in [9.17, 15) is 13.6 Å². The fourth-order valence-corrected chi connectivity index (χ4v) is 2.69. The lowest BCUT2D eigenvalue weighted by molar-refractivity contribution is -0.0498. The molecule has 3 aromatic rings. The van der Waals surface area contributed by atoms with Crippen LogP contribution in [0, 0.1) is 0 Å². The third-order valence-corrected chi connectivity index (χ3v) is 4.16. The molecule has 0 saturated heterocycles. The zero-order valence-corrected chi connectivity index (χ0v) is 15.4. The van der Waals surface area contributed by atoms with Gasteiger partial charge in [-0.2, -0.15) is 8.78 Å². The zero-order chi connectivity index (χ0) is 20.1. The largest absolute Gasteiger partial charge is 0.435 e. The number of benzene rings is 1. The number of hydrogen-bond donors (Lipinski definition) is 2. The fraction of sp³-hybridized carbons (Fsp3) is 0.250. The molecule has 0 aliphatic rings. The van der Waals surface area contributed by atoms with Gasteiger partial charge in [-0.3, -0.25) is 4.79 Å². The highest BCUT2D eigenvalue weighted by atomic mass is 19.3. The van der Waals surface area contributed by atoms with Crippen molar-refractivity contribution >= 4 is 5.82 Å². The van der Waals surface area contributed by atoms with Gasteiger partial charge < -0.3 is 15.0 Å². The highest BCUT2D eigenvalue weighted by Crippen LogP contribution is 2.23. The molecule has 2 N–H and O–H groups in total. The summed E-state index contributed by atoms with van der Waals surface area (Å²) in [5.41, 5.74) is 2.12. The third-order valence-electron chi connectivity index (χ3n) is 4.16. The number of pyridine rings is 1. The van der Waals surface area contributed by atoms with E-state index < -0.39 is 6.61 Å². The Bertz CT molecular complexity index is 973. The summed E-state index contributed by atoms with van der Waals surface area (Å²) in [5.74, 6) is 1.23. The third kappa shape index (κ3) is 4.91. The van der Waals surface area contributed by atoms with E-state index in [1.165, 1.54) is 18.2 Å². The standard InChI is InChI=1S/C20H20F2N4O2/c1-3-15-10-18(27)26-19(25-15)14-6-9-17(23-11-14)24-12(2)13-4-7-16(8-5-13)28-20(21)22/h4-12,20H,3H2,1-2H3,(H,23,24)(H,25,26,27). The number of aromatic amines is 1. The maximum atomic E-state index is 12.2. The van der Waals surface area contributed by atoms with Crippen molar-refractivity contribution in [2.75, 3.05) is 5.32 Å². The van der Waals surface area contributed by atoms with Crippen molar-refractivity contribution in [2.45, 2.75) is 32.9 Å². The Balaban J connectivity index is 1.70. The molecule has 1 aromatic carbocycles. The fourth-order valence-electron chi connectivity index (χ4n) is 2.69. The van der Waals surface area contributed by atoms with E-state index in [1.807, 2.05) is 19.9 Å². The second kappa shape index (κ2) is 8.60. The minimum atomic E-state index is -2.84. The monoisotopic (exact) mass is 386 g/mol. The Morgan fingerprint density at radius 3 is 2.54 bits per heavy atom. The molecule has 0 spiro atoms. The smallest absolute Gasteiger partial charge is 0.387 e. The lowest BCUT2D eigenvalue weighted by Crippen LogP contribution is -2.10. The maximum Gasteiger partial charge on any atom is 0.387 e. The van der Waals surface area contributed by atoms with E-state index in [-0.39, 0.29) is 17.4 Å². The van der Waals surface area contributed by atoms with Crippen LogP contribution in [0.3, 0.4) is 0 Å². The first kappa shape index (κ1) is 19.5. The number of aryl methyl sites for hydroxylation is 1. The summed E-state index contributed by atoms with van der Waals surface area (Å²) >= 11 is 0. The SMILES string of the molecule is CCc1cc(=O)[nH]c(-c2ccc(NC(C)c3ccc(OC(F)F)cc3)nc2)n1. The van der Waals surface area contributed by atoms with Crippen molar-refractivity contribution < 1.29 is 13.5 Å². The highest BCUT2D eigenvalue weighted by molar-refractivity contribution is 5.56. The van der Waals surface area contributed by atoms with Gasteiger partial charge >= 0.3 is 6.61 Å². The first-order chi connectivity index (χ1) is 13.4. The maximum absolute atomic E-state index is 12.2. The van der Waals surface area contributed by atoms with Crippen LogP contribution in [0.5, 0.6) is 5.75 Å². The molecule has 2 heterocycles. The van der Waals surface area contributed by atoms with Gasteiger partial charge in [-0.05, 0) is 43.2 Å².